The second-order valence-corrected chi connectivity index (χ2v) is 8.01. The number of nitrogens with one attached hydrogen (secondary N) is 1. The third-order valence-corrected chi connectivity index (χ3v) is 5.55. The van der Waals surface area contributed by atoms with Crippen molar-refractivity contribution in [3.05, 3.63) is 41.6 Å². The fourth-order valence-corrected chi connectivity index (χ4v) is 4.67. The molecule has 1 aliphatic rings. The predicted octanol–water partition coefficient (Wildman–Crippen LogP) is 3.16. The van der Waals surface area contributed by atoms with Crippen LogP contribution in [0.15, 0.2) is 36.0 Å². The third kappa shape index (κ3) is 3.20. The summed E-state index contributed by atoms with van der Waals surface area (Å²) in [7, 11) is -3.46. The van der Waals surface area contributed by atoms with E-state index in [1.807, 2.05) is 12.1 Å². The van der Waals surface area contributed by atoms with E-state index >= 15 is 0 Å². The Balaban J connectivity index is 2.56. The molecule has 124 valence electrons. The van der Waals surface area contributed by atoms with Gasteiger partial charge >= 0.3 is 0 Å². The van der Waals surface area contributed by atoms with Gasteiger partial charge in [0.1, 0.15) is 10.6 Å². The van der Waals surface area contributed by atoms with Crippen molar-refractivity contribution >= 4 is 21.6 Å². The minimum absolute atomic E-state index is 0.154. The first-order valence-electron chi connectivity index (χ1n) is 7.24. The Morgan fingerprint density at radius 2 is 1.87 bits per heavy atom. The molecule has 7 heteroatoms. The molecular formula is C16H21N3O3S. The van der Waals surface area contributed by atoms with Crippen LogP contribution in [-0.4, -0.2) is 31.4 Å². The fraction of sp³-hybridized carbons (Fsp3) is 0.375. The molecule has 0 aromatic heterocycles. The average Bonchev–Trinajstić information content (AvgIpc) is 2.65. The van der Waals surface area contributed by atoms with Gasteiger partial charge in [0.25, 0.3) is 5.91 Å². The predicted molar refractivity (Wildman–Crippen MR) is 91.0 cm³/mol. The number of amides is 1. The van der Waals surface area contributed by atoms with Gasteiger partial charge in [-0.3, -0.25) is 13.9 Å². The second kappa shape index (κ2) is 6.24. The summed E-state index contributed by atoms with van der Waals surface area (Å²) >= 11 is 0. The molecule has 0 saturated heterocycles. The summed E-state index contributed by atoms with van der Waals surface area (Å²) in [6.45, 7) is 5.52. The maximum Gasteiger partial charge on any atom is 0.290 e. The summed E-state index contributed by atoms with van der Waals surface area (Å²) in [5.41, 5.74) is -0.0253. The van der Waals surface area contributed by atoms with Gasteiger partial charge in [-0.05, 0) is 20.8 Å². The highest BCUT2D eigenvalue weighted by molar-refractivity contribution is 8.31. The Labute approximate surface area is 137 Å². The highest BCUT2D eigenvalue weighted by Crippen LogP contribution is 2.63. The zero-order valence-electron chi connectivity index (χ0n) is 13.4. The molecule has 0 saturated carbocycles. The first-order chi connectivity index (χ1) is 10.7. The lowest BCUT2D eigenvalue weighted by atomic mass is 10.1. The SMILES string of the molecule is CC(C)(C)N1C(=O)C(NCCC#N)=C(c2ccccc2)S1(O)O. The zero-order chi connectivity index (χ0) is 17.3. The standard InChI is InChI=1S/C16H21N3O3S/c1-16(2,3)19-15(20)13(18-11-7-10-17)14(23(19,21)22)12-8-5-4-6-9-12/h4-6,8-9,18,21-22H,7,11H2,1-3H3. The van der Waals surface area contributed by atoms with Crippen molar-refractivity contribution in [2.24, 2.45) is 0 Å². The molecule has 0 atom stereocenters. The van der Waals surface area contributed by atoms with E-state index in [0.29, 0.717) is 5.56 Å². The Bertz CT molecular complexity index is 672. The molecule has 1 aliphatic heterocycles. The number of carbonyl (C=O) groups is 1. The van der Waals surface area contributed by atoms with Crippen molar-refractivity contribution in [2.45, 2.75) is 32.7 Å². The highest BCUT2D eigenvalue weighted by Gasteiger charge is 2.49. The second-order valence-electron chi connectivity index (χ2n) is 6.19. The van der Waals surface area contributed by atoms with E-state index < -0.39 is 22.2 Å². The van der Waals surface area contributed by atoms with E-state index in [1.165, 1.54) is 0 Å². The van der Waals surface area contributed by atoms with Crippen molar-refractivity contribution in [3.8, 4) is 6.07 Å². The van der Waals surface area contributed by atoms with Gasteiger partial charge in [-0.1, -0.05) is 41.1 Å². The van der Waals surface area contributed by atoms with E-state index in [1.54, 1.807) is 45.0 Å². The summed E-state index contributed by atoms with van der Waals surface area (Å²) in [6.07, 6.45) is 0.216. The normalized spacial score (nSPS) is 18.8. The lowest BCUT2D eigenvalue weighted by Gasteiger charge is -2.45. The molecule has 0 spiro atoms. The van der Waals surface area contributed by atoms with Gasteiger partial charge in [-0.15, -0.1) is 0 Å². The van der Waals surface area contributed by atoms with Crippen molar-refractivity contribution in [1.82, 2.24) is 9.62 Å². The van der Waals surface area contributed by atoms with Crippen LogP contribution in [0.2, 0.25) is 0 Å². The molecule has 1 aromatic carbocycles. The van der Waals surface area contributed by atoms with E-state index in [4.69, 9.17) is 5.26 Å². The third-order valence-electron chi connectivity index (χ3n) is 3.34. The van der Waals surface area contributed by atoms with E-state index in [9.17, 15) is 13.9 Å². The molecule has 0 fully saturated rings. The number of hydrogen-bond donors (Lipinski definition) is 3. The molecule has 23 heavy (non-hydrogen) atoms. The van der Waals surface area contributed by atoms with Gasteiger partial charge in [-0.2, -0.15) is 5.26 Å². The molecule has 1 heterocycles. The van der Waals surface area contributed by atoms with Crippen LogP contribution in [0, 0.1) is 11.3 Å². The summed E-state index contributed by atoms with van der Waals surface area (Å²) in [4.78, 5) is 13.0. The Morgan fingerprint density at radius 1 is 1.26 bits per heavy atom. The summed E-state index contributed by atoms with van der Waals surface area (Å²) in [5.74, 6) is -0.464. The van der Waals surface area contributed by atoms with Crippen LogP contribution >= 0.6 is 10.8 Å². The number of rotatable bonds is 4. The average molecular weight is 335 g/mol. The van der Waals surface area contributed by atoms with Crippen molar-refractivity contribution in [1.29, 1.82) is 5.26 Å². The minimum atomic E-state index is -3.46. The van der Waals surface area contributed by atoms with E-state index in [0.717, 1.165) is 4.31 Å². The lowest BCUT2D eigenvalue weighted by Crippen LogP contribution is -2.45. The minimum Gasteiger partial charge on any atom is -0.378 e. The van der Waals surface area contributed by atoms with Gasteiger partial charge in [-0.25, -0.2) is 4.31 Å². The molecule has 0 bridgehead atoms. The van der Waals surface area contributed by atoms with Crippen LogP contribution in [0.4, 0.5) is 0 Å². The van der Waals surface area contributed by atoms with Gasteiger partial charge in [0.15, 0.2) is 0 Å². The molecular weight excluding hydrogens is 314 g/mol. The van der Waals surface area contributed by atoms with Crippen LogP contribution in [0.3, 0.4) is 0 Å². The molecule has 1 amide bonds. The maximum absolute atomic E-state index is 12.8. The monoisotopic (exact) mass is 335 g/mol. The number of nitrogens with zero attached hydrogens (tertiary/aromatic N) is 2. The molecule has 0 radical (unpaired) electrons. The quantitative estimate of drug-likeness (QED) is 0.734. The first-order valence-corrected chi connectivity index (χ1v) is 8.75. The maximum atomic E-state index is 12.8. The topological polar surface area (TPSA) is 96.6 Å². The molecule has 6 nitrogen and oxygen atoms in total. The summed E-state index contributed by atoms with van der Waals surface area (Å²) in [6, 6.07) is 10.8. The number of benzene rings is 1. The fourth-order valence-electron chi connectivity index (χ4n) is 2.52. The summed E-state index contributed by atoms with van der Waals surface area (Å²) < 4.78 is 22.7. The smallest absolute Gasteiger partial charge is 0.290 e. The highest BCUT2D eigenvalue weighted by atomic mass is 32.3. The van der Waals surface area contributed by atoms with Crippen LogP contribution in [-0.2, 0) is 4.79 Å². The van der Waals surface area contributed by atoms with Crippen LogP contribution < -0.4 is 5.32 Å². The van der Waals surface area contributed by atoms with Gasteiger partial charge in [0, 0.05) is 12.1 Å². The molecule has 3 N–H and O–H groups in total. The van der Waals surface area contributed by atoms with Crippen molar-refractivity contribution in [2.75, 3.05) is 6.54 Å². The van der Waals surface area contributed by atoms with Gasteiger partial charge in [0.05, 0.1) is 18.0 Å². The largest absolute Gasteiger partial charge is 0.378 e. The Morgan fingerprint density at radius 3 is 2.39 bits per heavy atom. The number of nitriles is 1. The molecule has 0 aliphatic carbocycles. The zero-order valence-corrected chi connectivity index (χ0v) is 14.2. The van der Waals surface area contributed by atoms with E-state index in [2.05, 4.69) is 5.32 Å². The summed E-state index contributed by atoms with van der Waals surface area (Å²) in [5, 5.41) is 11.6. The lowest BCUT2D eigenvalue weighted by molar-refractivity contribution is -0.125. The number of carbonyl (C=O) groups excluding carboxylic acids is 1. The van der Waals surface area contributed by atoms with Crippen LogP contribution in [0.5, 0.6) is 0 Å². The van der Waals surface area contributed by atoms with Crippen molar-refractivity contribution in [3.63, 3.8) is 0 Å². The van der Waals surface area contributed by atoms with Crippen LogP contribution in [0.25, 0.3) is 4.91 Å². The molecule has 1 aromatic rings. The van der Waals surface area contributed by atoms with Crippen molar-refractivity contribution < 1.29 is 13.9 Å². The number of hydrogen-bond acceptors (Lipinski definition) is 5. The molecule has 0 unspecified atom stereocenters. The Kier molecular flexibility index (Phi) is 4.71. The van der Waals surface area contributed by atoms with Crippen LogP contribution in [0.1, 0.15) is 32.8 Å². The van der Waals surface area contributed by atoms with E-state index in [-0.39, 0.29) is 23.6 Å². The van der Waals surface area contributed by atoms with Gasteiger partial charge < -0.3 is 5.32 Å². The molecule has 2 rings (SSSR count). The van der Waals surface area contributed by atoms with Gasteiger partial charge in [0.2, 0.25) is 0 Å². The first kappa shape index (κ1) is 17.3. The Hall–Kier alpha value is -2.01.